The highest BCUT2D eigenvalue weighted by Gasteiger charge is 2.49. The standard InChI is InChI=1S/C12H22N2O/c15-12(11-1-3-13-4-2-11)5-9-7-14-8-10(9)6-12/h9-11,13-15H,1-8H2. The van der Waals surface area contributed by atoms with Gasteiger partial charge in [-0.1, -0.05) is 0 Å². The summed E-state index contributed by atoms with van der Waals surface area (Å²) >= 11 is 0. The number of rotatable bonds is 1. The average molecular weight is 210 g/mol. The second-order valence-electron chi connectivity index (χ2n) is 5.71. The Morgan fingerprint density at radius 3 is 2.13 bits per heavy atom. The third-order valence-corrected chi connectivity index (χ3v) is 4.81. The van der Waals surface area contributed by atoms with Gasteiger partial charge in [-0.25, -0.2) is 0 Å². The van der Waals surface area contributed by atoms with Crippen molar-refractivity contribution in [3.63, 3.8) is 0 Å². The second-order valence-corrected chi connectivity index (χ2v) is 5.71. The topological polar surface area (TPSA) is 44.3 Å². The summed E-state index contributed by atoms with van der Waals surface area (Å²) < 4.78 is 0. The Balaban J connectivity index is 1.69. The van der Waals surface area contributed by atoms with E-state index in [9.17, 15) is 5.11 Å². The molecule has 0 aromatic heterocycles. The Morgan fingerprint density at radius 2 is 1.53 bits per heavy atom. The van der Waals surface area contributed by atoms with Gasteiger partial charge in [0.1, 0.15) is 0 Å². The Labute approximate surface area is 91.6 Å². The Hall–Kier alpha value is -0.120. The first-order valence-corrected chi connectivity index (χ1v) is 6.42. The van der Waals surface area contributed by atoms with E-state index in [-0.39, 0.29) is 5.60 Å². The normalized spacial score (nSPS) is 47.0. The van der Waals surface area contributed by atoms with Crippen molar-refractivity contribution >= 4 is 0 Å². The zero-order valence-electron chi connectivity index (χ0n) is 9.34. The number of nitrogens with one attached hydrogen (secondary N) is 2. The first kappa shape index (κ1) is 10.1. The Morgan fingerprint density at radius 1 is 0.933 bits per heavy atom. The van der Waals surface area contributed by atoms with E-state index in [0.717, 1.165) is 50.9 Å². The molecule has 1 aliphatic carbocycles. The van der Waals surface area contributed by atoms with Gasteiger partial charge in [-0.15, -0.1) is 0 Å². The minimum absolute atomic E-state index is 0.320. The molecule has 0 radical (unpaired) electrons. The highest BCUT2D eigenvalue weighted by molar-refractivity contribution is 5.02. The van der Waals surface area contributed by atoms with Crippen molar-refractivity contribution in [3.8, 4) is 0 Å². The third kappa shape index (κ3) is 1.71. The summed E-state index contributed by atoms with van der Waals surface area (Å²) in [6, 6.07) is 0. The van der Waals surface area contributed by atoms with Crippen LogP contribution in [0, 0.1) is 17.8 Å². The molecule has 2 saturated heterocycles. The van der Waals surface area contributed by atoms with E-state index in [4.69, 9.17) is 0 Å². The van der Waals surface area contributed by atoms with Crippen LogP contribution in [0.3, 0.4) is 0 Å². The van der Waals surface area contributed by atoms with Gasteiger partial charge < -0.3 is 15.7 Å². The predicted molar refractivity (Wildman–Crippen MR) is 59.6 cm³/mol. The molecule has 0 aromatic carbocycles. The molecule has 3 N–H and O–H groups in total. The minimum atomic E-state index is -0.320. The Bertz CT molecular complexity index is 226. The van der Waals surface area contributed by atoms with Crippen LogP contribution in [0.2, 0.25) is 0 Å². The van der Waals surface area contributed by atoms with Crippen LogP contribution in [-0.4, -0.2) is 36.9 Å². The molecule has 1 saturated carbocycles. The lowest BCUT2D eigenvalue weighted by Gasteiger charge is -2.36. The SMILES string of the molecule is OC1(C2CCNCC2)CC2CNCC2C1. The van der Waals surface area contributed by atoms with E-state index in [0.29, 0.717) is 5.92 Å². The van der Waals surface area contributed by atoms with E-state index < -0.39 is 0 Å². The number of aliphatic hydroxyl groups is 1. The zero-order valence-corrected chi connectivity index (χ0v) is 9.34. The molecule has 86 valence electrons. The maximum absolute atomic E-state index is 10.8. The molecule has 3 nitrogen and oxygen atoms in total. The van der Waals surface area contributed by atoms with Gasteiger partial charge >= 0.3 is 0 Å². The zero-order chi connectivity index (χ0) is 10.3. The lowest BCUT2D eigenvalue weighted by molar-refractivity contribution is -0.0305. The summed E-state index contributed by atoms with van der Waals surface area (Å²) in [6.07, 6.45) is 4.44. The molecule has 15 heavy (non-hydrogen) atoms. The molecule has 0 bridgehead atoms. The number of hydrogen-bond acceptors (Lipinski definition) is 3. The van der Waals surface area contributed by atoms with Crippen LogP contribution in [-0.2, 0) is 0 Å². The molecule has 3 heteroatoms. The van der Waals surface area contributed by atoms with Crippen LogP contribution in [0.1, 0.15) is 25.7 Å². The fourth-order valence-corrected chi connectivity index (χ4v) is 3.95. The van der Waals surface area contributed by atoms with Crippen LogP contribution in [0.5, 0.6) is 0 Å². The number of hydrogen-bond donors (Lipinski definition) is 3. The van der Waals surface area contributed by atoms with Crippen molar-refractivity contribution in [3.05, 3.63) is 0 Å². The summed E-state index contributed by atoms with van der Waals surface area (Å²) in [6.45, 7) is 4.47. The molecule has 2 heterocycles. The van der Waals surface area contributed by atoms with Crippen LogP contribution >= 0.6 is 0 Å². The fourth-order valence-electron chi connectivity index (χ4n) is 3.95. The molecule has 2 aliphatic heterocycles. The van der Waals surface area contributed by atoms with Gasteiger partial charge in [-0.2, -0.15) is 0 Å². The van der Waals surface area contributed by atoms with Gasteiger partial charge in [0, 0.05) is 0 Å². The molecule has 2 unspecified atom stereocenters. The summed E-state index contributed by atoms with van der Waals surface area (Å²) in [5.41, 5.74) is -0.320. The largest absolute Gasteiger partial charge is 0.390 e. The van der Waals surface area contributed by atoms with E-state index in [1.54, 1.807) is 0 Å². The quantitative estimate of drug-likeness (QED) is 0.585. The highest BCUT2D eigenvalue weighted by Crippen LogP contribution is 2.47. The monoisotopic (exact) mass is 210 g/mol. The van der Waals surface area contributed by atoms with Crippen molar-refractivity contribution in [2.75, 3.05) is 26.2 Å². The van der Waals surface area contributed by atoms with Crippen LogP contribution < -0.4 is 10.6 Å². The van der Waals surface area contributed by atoms with Crippen LogP contribution in [0.4, 0.5) is 0 Å². The molecule has 2 atom stereocenters. The second kappa shape index (κ2) is 3.72. The number of piperidine rings is 1. The van der Waals surface area contributed by atoms with Gasteiger partial charge in [0.15, 0.2) is 0 Å². The molecular formula is C12H22N2O. The average Bonchev–Trinajstić information content (AvgIpc) is 2.78. The van der Waals surface area contributed by atoms with Gasteiger partial charge in [-0.3, -0.25) is 0 Å². The van der Waals surface area contributed by atoms with Crippen molar-refractivity contribution in [2.45, 2.75) is 31.3 Å². The summed E-state index contributed by atoms with van der Waals surface area (Å²) in [4.78, 5) is 0. The van der Waals surface area contributed by atoms with Crippen molar-refractivity contribution < 1.29 is 5.11 Å². The maximum Gasteiger partial charge on any atom is 0.0683 e. The molecule has 0 aromatic rings. The molecule has 0 spiro atoms. The minimum Gasteiger partial charge on any atom is -0.390 e. The van der Waals surface area contributed by atoms with Gasteiger partial charge in [0.05, 0.1) is 5.60 Å². The fraction of sp³-hybridized carbons (Fsp3) is 1.00. The molecule has 3 rings (SSSR count). The summed E-state index contributed by atoms with van der Waals surface area (Å²) in [5, 5.41) is 17.6. The molecular weight excluding hydrogens is 188 g/mol. The predicted octanol–water partition coefficient (Wildman–Crippen LogP) is 0.346. The van der Waals surface area contributed by atoms with Crippen molar-refractivity contribution in [1.82, 2.24) is 10.6 Å². The van der Waals surface area contributed by atoms with Gasteiger partial charge in [-0.05, 0) is 69.6 Å². The molecule has 3 aliphatic rings. The first-order chi connectivity index (χ1) is 7.28. The van der Waals surface area contributed by atoms with E-state index >= 15 is 0 Å². The smallest absolute Gasteiger partial charge is 0.0683 e. The van der Waals surface area contributed by atoms with Crippen LogP contribution in [0.15, 0.2) is 0 Å². The van der Waals surface area contributed by atoms with E-state index in [2.05, 4.69) is 10.6 Å². The molecule has 3 fully saturated rings. The van der Waals surface area contributed by atoms with E-state index in [1.165, 1.54) is 12.8 Å². The van der Waals surface area contributed by atoms with Crippen molar-refractivity contribution in [1.29, 1.82) is 0 Å². The van der Waals surface area contributed by atoms with Gasteiger partial charge in [0.2, 0.25) is 0 Å². The van der Waals surface area contributed by atoms with Gasteiger partial charge in [0.25, 0.3) is 0 Å². The summed E-state index contributed by atoms with van der Waals surface area (Å²) in [7, 11) is 0. The third-order valence-electron chi connectivity index (χ3n) is 4.81. The maximum atomic E-state index is 10.8. The Kier molecular flexibility index (Phi) is 2.49. The van der Waals surface area contributed by atoms with Crippen LogP contribution in [0.25, 0.3) is 0 Å². The highest BCUT2D eigenvalue weighted by atomic mass is 16.3. The number of fused-ring (bicyclic) bond motifs is 1. The lowest BCUT2D eigenvalue weighted by Crippen LogP contribution is -2.43. The lowest BCUT2D eigenvalue weighted by atomic mass is 9.79. The summed E-state index contributed by atoms with van der Waals surface area (Å²) in [5.74, 6) is 2.07. The van der Waals surface area contributed by atoms with Crippen molar-refractivity contribution in [2.24, 2.45) is 17.8 Å². The van der Waals surface area contributed by atoms with E-state index in [1.807, 2.05) is 0 Å². The molecule has 0 amide bonds. The first-order valence-electron chi connectivity index (χ1n) is 6.42.